The number of benzene rings is 1. The molecule has 0 spiro atoms. The zero-order valence-corrected chi connectivity index (χ0v) is 13.1. The molecule has 9 heteroatoms. The van der Waals surface area contributed by atoms with Crippen LogP contribution in [0.2, 0.25) is 0 Å². The number of nitrogens with one attached hydrogen (secondary N) is 2. The molecule has 8 nitrogen and oxygen atoms in total. The average Bonchev–Trinajstić information content (AvgIpc) is 2.91. The molecule has 1 aromatic heterocycles. The Balaban J connectivity index is 2.02. The van der Waals surface area contributed by atoms with E-state index in [0.29, 0.717) is 0 Å². The van der Waals surface area contributed by atoms with E-state index in [1.807, 2.05) is 6.92 Å². The van der Waals surface area contributed by atoms with Gasteiger partial charge in [0.1, 0.15) is 5.69 Å². The van der Waals surface area contributed by atoms with Gasteiger partial charge in [-0.2, -0.15) is 5.10 Å². The number of nitrogens with zero attached hydrogens (tertiary/aromatic N) is 2. The minimum Gasteiger partial charge on any atom is -0.479 e. The van der Waals surface area contributed by atoms with Gasteiger partial charge in [0.25, 0.3) is 0 Å². The molecule has 128 valence electrons. The molecule has 1 aromatic carbocycles. The fraction of sp³-hybridized carbons (Fsp3) is 0.267. The Kier molecular flexibility index (Phi) is 4.84. The molecule has 0 aliphatic heterocycles. The number of carboxylic acid groups (broad SMARTS) is 1. The molecular weight excluding hydrogens is 319 g/mol. The number of hydrogen-bond acceptors (Lipinski definition) is 4. The fourth-order valence-electron chi connectivity index (χ4n) is 1.82. The number of aryl methyl sites for hydroxylation is 1. The summed E-state index contributed by atoms with van der Waals surface area (Å²) < 4.78 is 15.5. The van der Waals surface area contributed by atoms with Crippen molar-refractivity contribution < 1.29 is 24.2 Å². The first kappa shape index (κ1) is 17.4. The Morgan fingerprint density at radius 1 is 1.42 bits per heavy atom. The van der Waals surface area contributed by atoms with E-state index in [0.717, 1.165) is 18.6 Å². The number of aromatic nitrogens is 2. The molecule has 24 heavy (non-hydrogen) atoms. The summed E-state index contributed by atoms with van der Waals surface area (Å²) in [5.41, 5.74) is -0.818. The number of carbonyl (C=O) groups excluding carboxylic acids is 1. The first-order chi connectivity index (χ1) is 11.2. The smallest absolute Gasteiger partial charge is 0.337 e. The van der Waals surface area contributed by atoms with Gasteiger partial charge in [0.15, 0.2) is 11.4 Å². The van der Waals surface area contributed by atoms with E-state index in [1.165, 1.54) is 16.8 Å². The zero-order valence-electron chi connectivity index (χ0n) is 13.1. The van der Waals surface area contributed by atoms with Crippen LogP contribution in [0.1, 0.15) is 12.5 Å². The van der Waals surface area contributed by atoms with Crippen LogP contribution in [0.15, 0.2) is 30.6 Å². The van der Waals surface area contributed by atoms with Crippen molar-refractivity contribution in [3.8, 4) is 5.69 Å². The van der Waals surface area contributed by atoms with Crippen LogP contribution in [0.25, 0.3) is 5.69 Å². The predicted octanol–water partition coefficient (Wildman–Crippen LogP) is 1.28. The lowest BCUT2D eigenvalue weighted by molar-refractivity contribution is -0.155. The predicted molar refractivity (Wildman–Crippen MR) is 83.5 cm³/mol. The maximum Gasteiger partial charge on any atom is 0.337 e. The maximum atomic E-state index is 14.1. The summed E-state index contributed by atoms with van der Waals surface area (Å²) in [7, 11) is 0. The Morgan fingerprint density at radius 3 is 2.67 bits per heavy atom. The second-order valence-corrected chi connectivity index (χ2v) is 5.52. The van der Waals surface area contributed by atoms with Crippen molar-refractivity contribution in [2.45, 2.75) is 19.4 Å². The van der Waals surface area contributed by atoms with Crippen LogP contribution in [-0.4, -0.2) is 44.1 Å². The average molecular weight is 336 g/mol. The van der Waals surface area contributed by atoms with Crippen LogP contribution in [-0.2, 0) is 4.79 Å². The SMILES string of the molecule is Cc1cnn(-c2ccc(NC(=O)NCC(C)(O)C(=O)O)cc2F)c1. The minimum absolute atomic E-state index is 0.174. The van der Waals surface area contributed by atoms with Crippen LogP contribution < -0.4 is 10.6 Å². The second kappa shape index (κ2) is 6.67. The van der Waals surface area contributed by atoms with E-state index in [2.05, 4.69) is 15.7 Å². The molecule has 1 atom stereocenters. The molecule has 1 heterocycles. The third-order valence-corrected chi connectivity index (χ3v) is 3.22. The summed E-state index contributed by atoms with van der Waals surface area (Å²) in [5.74, 6) is -2.05. The second-order valence-electron chi connectivity index (χ2n) is 5.52. The van der Waals surface area contributed by atoms with Gasteiger partial charge in [-0.15, -0.1) is 0 Å². The molecule has 0 radical (unpaired) electrons. The molecule has 0 aliphatic carbocycles. The number of carbonyl (C=O) groups is 2. The highest BCUT2D eigenvalue weighted by molar-refractivity contribution is 5.90. The summed E-state index contributed by atoms with van der Waals surface area (Å²) in [6.07, 6.45) is 3.25. The largest absolute Gasteiger partial charge is 0.479 e. The monoisotopic (exact) mass is 336 g/mol. The highest BCUT2D eigenvalue weighted by Gasteiger charge is 2.30. The van der Waals surface area contributed by atoms with Crippen LogP contribution in [0.5, 0.6) is 0 Å². The number of rotatable bonds is 5. The molecule has 2 rings (SSSR count). The number of aliphatic hydroxyl groups is 1. The number of hydrogen-bond donors (Lipinski definition) is 4. The van der Waals surface area contributed by atoms with Crippen molar-refractivity contribution in [3.63, 3.8) is 0 Å². The van der Waals surface area contributed by atoms with Gasteiger partial charge in [-0.1, -0.05) is 0 Å². The van der Waals surface area contributed by atoms with Crippen molar-refractivity contribution in [3.05, 3.63) is 42.0 Å². The summed E-state index contributed by atoms with van der Waals surface area (Å²) in [4.78, 5) is 22.4. The van der Waals surface area contributed by atoms with E-state index < -0.39 is 30.0 Å². The molecule has 2 aromatic rings. The fourth-order valence-corrected chi connectivity index (χ4v) is 1.82. The van der Waals surface area contributed by atoms with Gasteiger partial charge < -0.3 is 20.8 Å². The van der Waals surface area contributed by atoms with Gasteiger partial charge in [0, 0.05) is 11.9 Å². The summed E-state index contributed by atoms with van der Waals surface area (Å²) in [6, 6.07) is 3.27. The number of urea groups is 1. The third kappa shape index (κ3) is 4.07. The minimum atomic E-state index is -2.09. The zero-order chi connectivity index (χ0) is 17.9. The normalized spacial score (nSPS) is 13.2. The van der Waals surface area contributed by atoms with Crippen molar-refractivity contribution >= 4 is 17.7 Å². The van der Waals surface area contributed by atoms with Gasteiger partial charge >= 0.3 is 12.0 Å². The lowest BCUT2D eigenvalue weighted by atomic mass is 10.1. The molecule has 2 amide bonds. The van der Waals surface area contributed by atoms with Crippen LogP contribution in [0.3, 0.4) is 0 Å². The number of aliphatic carboxylic acids is 1. The third-order valence-electron chi connectivity index (χ3n) is 3.22. The van der Waals surface area contributed by atoms with E-state index >= 15 is 0 Å². The molecule has 4 N–H and O–H groups in total. The lowest BCUT2D eigenvalue weighted by Gasteiger charge is -2.18. The molecule has 0 saturated carbocycles. The Hall–Kier alpha value is -2.94. The highest BCUT2D eigenvalue weighted by atomic mass is 19.1. The van der Waals surface area contributed by atoms with E-state index in [4.69, 9.17) is 5.11 Å². The summed E-state index contributed by atoms with van der Waals surface area (Å²) in [6.45, 7) is 2.38. The highest BCUT2D eigenvalue weighted by Crippen LogP contribution is 2.18. The Morgan fingerprint density at radius 2 is 2.12 bits per heavy atom. The van der Waals surface area contributed by atoms with E-state index in [9.17, 15) is 19.1 Å². The van der Waals surface area contributed by atoms with Crippen LogP contribution in [0.4, 0.5) is 14.9 Å². The number of carboxylic acids is 1. The van der Waals surface area contributed by atoms with Gasteiger partial charge in [0.2, 0.25) is 0 Å². The quantitative estimate of drug-likeness (QED) is 0.656. The van der Waals surface area contributed by atoms with Crippen molar-refractivity contribution in [1.82, 2.24) is 15.1 Å². The van der Waals surface area contributed by atoms with E-state index in [1.54, 1.807) is 12.4 Å². The van der Waals surface area contributed by atoms with Gasteiger partial charge in [-0.25, -0.2) is 18.7 Å². The summed E-state index contributed by atoms with van der Waals surface area (Å²) in [5, 5.41) is 26.8. The van der Waals surface area contributed by atoms with Crippen LogP contribution >= 0.6 is 0 Å². The van der Waals surface area contributed by atoms with Crippen molar-refractivity contribution in [2.75, 3.05) is 11.9 Å². The first-order valence-corrected chi connectivity index (χ1v) is 7.01. The molecule has 0 fully saturated rings. The van der Waals surface area contributed by atoms with Crippen LogP contribution in [0, 0.1) is 12.7 Å². The Labute approximate surface area is 136 Å². The van der Waals surface area contributed by atoms with Gasteiger partial charge in [-0.3, -0.25) is 0 Å². The van der Waals surface area contributed by atoms with E-state index in [-0.39, 0.29) is 11.4 Å². The standard InChI is InChI=1S/C15H17FN4O4/c1-9-6-18-20(7-9)12-4-3-10(5-11(12)16)19-14(23)17-8-15(2,24)13(21)22/h3-7,24H,8H2,1-2H3,(H,21,22)(H2,17,19,23). The molecule has 0 aliphatic rings. The van der Waals surface area contributed by atoms with Gasteiger partial charge in [-0.05, 0) is 37.6 Å². The van der Waals surface area contributed by atoms with Gasteiger partial charge in [0.05, 0.1) is 12.7 Å². The molecule has 1 unspecified atom stereocenters. The molecule has 0 bridgehead atoms. The Bertz CT molecular complexity index is 773. The number of halogens is 1. The maximum absolute atomic E-state index is 14.1. The first-order valence-electron chi connectivity index (χ1n) is 7.01. The lowest BCUT2D eigenvalue weighted by Crippen LogP contribution is -2.47. The molecule has 0 saturated heterocycles. The summed E-state index contributed by atoms with van der Waals surface area (Å²) >= 11 is 0. The number of anilines is 1. The number of amides is 2. The molecular formula is C15H17FN4O4. The topological polar surface area (TPSA) is 116 Å². The van der Waals surface area contributed by atoms with Crippen molar-refractivity contribution in [1.29, 1.82) is 0 Å². The van der Waals surface area contributed by atoms with Crippen molar-refractivity contribution in [2.24, 2.45) is 0 Å².